The van der Waals surface area contributed by atoms with Crippen LogP contribution in [0.25, 0.3) is 0 Å². The first-order valence-corrected chi connectivity index (χ1v) is 5.75. The quantitative estimate of drug-likeness (QED) is 0.658. The average Bonchev–Trinajstić information content (AvgIpc) is 2.42. The van der Waals surface area contributed by atoms with Gasteiger partial charge in [0.05, 0.1) is 0 Å². The molecule has 0 aliphatic carbocycles. The lowest BCUT2D eigenvalue weighted by Gasteiger charge is -2.10. The van der Waals surface area contributed by atoms with Crippen molar-refractivity contribution in [1.82, 2.24) is 10.2 Å². The zero-order chi connectivity index (χ0) is 6.97. The van der Waals surface area contributed by atoms with Crippen LogP contribution in [0.5, 0.6) is 0 Å². The van der Waals surface area contributed by atoms with Crippen LogP contribution in [0.4, 0.5) is 0 Å². The monoisotopic (exact) mass is 222 g/mol. The van der Waals surface area contributed by atoms with E-state index in [1.54, 1.807) is 0 Å². The standard InChI is InChI=1S/C6H11BrN2S/c7-3-5-4-9-1-2-10-6(9)8-5/h5-6,8H,1-4H2. The number of alkyl halides is 1. The molecule has 2 fully saturated rings. The highest BCUT2D eigenvalue weighted by Gasteiger charge is 2.34. The molecular weight excluding hydrogens is 212 g/mol. The smallest absolute Gasteiger partial charge is 0.108 e. The van der Waals surface area contributed by atoms with E-state index in [2.05, 4.69) is 26.1 Å². The van der Waals surface area contributed by atoms with Crippen molar-refractivity contribution in [2.24, 2.45) is 0 Å². The number of nitrogens with zero attached hydrogens (tertiary/aromatic N) is 1. The summed E-state index contributed by atoms with van der Waals surface area (Å²) in [6.45, 7) is 2.49. The molecule has 2 atom stereocenters. The fraction of sp³-hybridized carbons (Fsp3) is 1.00. The first kappa shape index (κ1) is 7.40. The van der Waals surface area contributed by atoms with Crippen LogP contribution in [0.15, 0.2) is 0 Å². The molecule has 0 bridgehead atoms. The third-order valence-corrected chi connectivity index (χ3v) is 3.96. The first-order valence-electron chi connectivity index (χ1n) is 3.58. The van der Waals surface area contributed by atoms with Gasteiger partial charge in [-0.1, -0.05) is 15.9 Å². The summed E-state index contributed by atoms with van der Waals surface area (Å²) >= 11 is 5.51. The summed E-state index contributed by atoms with van der Waals surface area (Å²) in [6.07, 6.45) is 0. The second kappa shape index (κ2) is 3.01. The van der Waals surface area contributed by atoms with E-state index < -0.39 is 0 Å². The number of hydrogen-bond acceptors (Lipinski definition) is 3. The van der Waals surface area contributed by atoms with Gasteiger partial charge in [-0.05, 0) is 0 Å². The predicted molar refractivity (Wildman–Crippen MR) is 48.5 cm³/mol. The molecule has 4 heteroatoms. The molecule has 0 aromatic carbocycles. The Morgan fingerprint density at radius 2 is 2.60 bits per heavy atom. The number of halogens is 1. The highest BCUT2D eigenvalue weighted by molar-refractivity contribution is 9.09. The molecule has 2 heterocycles. The van der Waals surface area contributed by atoms with E-state index in [0.29, 0.717) is 11.5 Å². The summed E-state index contributed by atoms with van der Waals surface area (Å²) in [5.41, 5.74) is 0.627. The van der Waals surface area contributed by atoms with Crippen LogP contribution in [0, 0.1) is 0 Å². The van der Waals surface area contributed by atoms with Gasteiger partial charge in [-0.2, -0.15) is 0 Å². The summed E-state index contributed by atoms with van der Waals surface area (Å²) in [4.78, 5) is 2.51. The van der Waals surface area contributed by atoms with Gasteiger partial charge in [-0.3, -0.25) is 10.2 Å². The molecule has 0 aromatic heterocycles. The molecular formula is C6H11BrN2S. The van der Waals surface area contributed by atoms with Crippen molar-refractivity contribution >= 4 is 27.7 Å². The Morgan fingerprint density at radius 3 is 3.30 bits per heavy atom. The molecule has 2 unspecified atom stereocenters. The van der Waals surface area contributed by atoms with Crippen molar-refractivity contribution in [3.8, 4) is 0 Å². The van der Waals surface area contributed by atoms with E-state index in [1.807, 2.05) is 11.8 Å². The average molecular weight is 223 g/mol. The van der Waals surface area contributed by atoms with E-state index in [0.717, 1.165) is 5.33 Å². The number of fused-ring (bicyclic) bond motifs is 1. The largest absolute Gasteiger partial charge is 0.288 e. The van der Waals surface area contributed by atoms with Crippen LogP contribution in [0.1, 0.15) is 0 Å². The van der Waals surface area contributed by atoms with E-state index in [4.69, 9.17) is 0 Å². The Bertz CT molecular complexity index is 121. The Balaban J connectivity index is 1.94. The van der Waals surface area contributed by atoms with Crippen LogP contribution >= 0.6 is 27.7 Å². The number of hydrogen-bond donors (Lipinski definition) is 1. The minimum atomic E-state index is 0.627. The van der Waals surface area contributed by atoms with Gasteiger partial charge < -0.3 is 0 Å². The molecule has 10 heavy (non-hydrogen) atoms. The van der Waals surface area contributed by atoms with Crippen LogP contribution in [-0.2, 0) is 0 Å². The Morgan fingerprint density at radius 1 is 1.70 bits per heavy atom. The van der Waals surface area contributed by atoms with Crippen LogP contribution in [0.2, 0.25) is 0 Å². The molecule has 0 saturated carbocycles. The van der Waals surface area contributed by atoms with Gasteiger partial charge >= 0.3 is 0 Å². The van der Waals surface area contributed by atoms with E-state index >= 15 is 0 Å². The van der Waals surface area contributed by atoms with Crippen molar-refractivity contribution in [2.45, 2.75) is 11.5 Å². The summed E-state index contributed by atoms with van der Waals surface area (Å²) in [7, 11) is 0. The molecule has 0 amide bonds. The van der Waals surface area contributed by atoms with Crippen LogP contribution in [0.3, 0.4) is 0 Å². The zero-order valence-electron chi connectivity index (χ0n) is 5.72. The molecule has 2 rings (SSSR count). The van der Waals surface area contributed by atoms with E-state index in [9.17, 15) is 0 Å². The van der Waals surface area contributed by atoms with Crippen LogP contribution < -0.4 is 5.32 Å². The van der Waals surface area contributed by atoms with Crippen molar-refractivity contribution in [3.05, 3.63) is 0 Å². The first-order chi connectivity index (χ1) is 4.90. The Labute approximate surface area is 73.9 Å². The van der Waals surface area contributed by atoms with Gasteiger partial charge in [0.2, 0.25) is 0 Å². The second-order valence-corrected chi connectivity index (χ2v) is 4.57. The molecule has 0 spiro atoms. The lowest BCUT2D eigenvalue weighted by molar-refractivity contribution is 0.347. The van der Waals surface area contributed by atoms with Crippen LogP contribution in [-0.4, -0.2) is 40.6 Å². The molecule has 2 nitrogen and oxygen atoms in total. The minimum absolute atomic E-state index is 0.627. The predicted octanol–water partition coefficient (Wildman–Crippen LogP) is 0.685. The maximum absolute atomic E-state index is 3.54. The third-order valence-electron chi connectivity index (χ3n) is 2.01. The van der Waals surface area contributed by atoms with Gasteiger partial charge in [-0.15, -0.1) is 11.8 Å². The molecule has 1 N–H and O–H groups in total. The van der Waals surface area contributed by atoms with E-state index in [-0.39, 0.29) is 0 Å². The molecule has 2 saturated heterocycles. The summed E-state index contributed by atoms with van der Waals surface area (Å²) in [5, 5.41) is 4.63. The fourth-order valence-electron chi connectivity index (χ4n) is 1.48. The maximum Gasteiger partial charge on any atom is 0.108 e. The van der Waals surface area contributed by atoms with Gasteiger partial charge in [0.25, 0.3) is 0 Å². The molecule has 0 radical (unpaired) electrons. The van der Waals surface area contributed by atoms with Gasteiger partial charge in [0.15, 0.2) is 0 Å². The minimum Gasteiger partial charge on any atom is -0.288 e. The lowest BCUT2D eigenvalue weighted by Crippen LogP contribution is -2.29. The summed E-state index contributed by atoms with van der Waals surface area (Å²) in [5.74, 6) is 1.30. The van der Waals surface area contributed by atoms with E-state index in [1.165, 1.54) is 18.8 Å². The SMILES string of the molecule is BrCC1CN2CCSC2N1. The topological polar surface area (TPSA) is 15.3 Å². The highest BCUT2D eigenvalue weighted by Crippen LogP contribution is 2.26. The summed E-state index contributed by atoms with van der Waals surface area (Å²) in [6, 6.07) is 0.679. The third kappa shape index (κ3) is 1.22. The second-order valence-electron chi connectivity index (χ2n) is 2.74. The normalized spacial score (nSPS) is 40.5. The number of rotatable bonds is 1. The summed E-state index contributed by atoms with van der Waals surface area (Å²) < 4.78 is 0. The molecule has 58 valence electrons. The number of thioether (sulfide) groups is 1. The fourth-order valence-corrected chi connectivity index (χ4v) is 3.12. The lowest BCUT2D eigenvalue weighted by atomic mass is 10.4. The van der Waals surface area contributed by atoms with Crippen molar-refractivity contribution in [1.29, 1.82) is 0 Å². The molecule has 2 aliphatic heterocycles. The van der Waals surface area contributed by atoms with Gasteiger partial charge in [0.1, 0.15) is 5.50 Å². The number of nitrogens with one attached hydrogen (secondary N) is 1. The van der Waals surface area contributed by atoms with Crippen molar-refractivity contribution in [2.75, 3.05) is 24.2 Å². The Kier molecular flexibility index (Phi) is 2.23. The van der Waals surface area contributed by atoms with Gasteiger partial charge in [0, 0.05) is 30.2 Å². The Hall–Kier alpha value is 0.750. The van der Waals surface area contributed by atoms with Crippen molar-refractivity contribution < 1.29 is 0 Å². The molecule has 2 aliphatic rings. The zero-order valence-corrected chi connectivity index (χ0v) is 8.12. The van der Waals surface area contributed by atoms with Gasteiger partial charge in [-0.25, -0.2) is 0 Å². The maximum atomic E-state index is 3.54. The highest BCUT2D eigenvalue weighted by atomic mass is 79.9. The molecule has 0 aromatic rings. The van der Waals surface area contributed by atoms with Crippen molar-refractivity contribution in [3.63, 3.8) is 0 Å².